The van der Waals surface area contributed by atoms with Gasteiger partial charge in [-0.1, -0.05) is 26.3 Å². The standard InChI is InChI=1S/C29H38FN3O4/c1-29(2)18-36-17-20-13-21(30)14-24(25(20)29)26(28(34)35)33-15-23(16-33)37-12-5-3-4-8-22-10-9-19-7-6-11-31-27(19)32-22/h9-10,13-14,23,26H,3-8,11-12,15-18H2,1-2H3,(H,31,32)(H,34,35). The smallest absolute Gasteiger partial charge is 0.325 e. The molecule has 1 unspecified atom stereocenters. The summed E-state index contributed by atoms with van der Waals surface area (Å²) in [6.45, 7) is 7.56. The number of aliphatic carboxylic acids is 1. The van der Waals surface area contributed by atoms with Crippen molar-refractivity contribution in [2.24, 2.45) is 0 Å². The van der Waals surface area contributed by atoms with E-state index < -0.39 is 17.8 Å². The predicted molar refractivity (Wildman–Crippen MR) is 139 cm³/mol. The molecule has 1 aromatic carbocycles. The summed E-state index contributed by atoms with van der Waals surface area (Å²) in [6.07, 6.45) is 6.35. The van der Waals surface area contributed by atoms with Gasteiger partial charge in [0.2, 0.25) is 0 Å². The molecule has 0 bridgehead atoms. The number of ether oxygens (including phenoxy) is 2. The molecule has 1 fully saturated rings. The summed E-state index contributed by atoms with van der Waals surface area (Å²) in [6, 6.07) is 6.33. The second kappa shape index (κ2) is 11.1. The molecule has 200 valence electrons. The molecule has 1 aromatic heterocycles. The molecule has 1 saturated heterocycles. The molecule has 7 nitrogen and oxygen atoms in total. The molecule has 0 amide bonds. The highest BCUT2D eigenvalue weighted by atomic mass is 19.1. The van der Waals surface area contributed by atoms with E-state index in [9.17, 15) is 14.3 Å². The lowest BCUT2D eigenvalue weighted by molar-refractivity contribution is -0.151. The molecule has 2 N–H and O–H groups in total. The molecule has 1 atom stereocenters. The summed E-state index contributed by atoms with van der Waals surface area (Å²) in [5.74, 6) is -0.326. The molecule has 0 saturated carbocycles. The van der Waals surface area contributed by atoms with Crippen LogP contribution >= 0.6 is 0 Å². The summed E-state index contributed by atoms with van der Waals surface area (Å²) < 4.78 is 26.1. The quantitative estimate of drug-likeness (QED) is 0.450. The van der Waals surface area contributed by atoms with Crippen molar-refractivity contribution in [2.75, 3.05) is 38.2 Å². The van der Waals surface area contributed by atoms with Gasteiger partial charge in [-0.3, -0.25) is 9.69 Å². The molecule has 0 aliphatic carbocycles. The number of pyridine rings is 1. The zero-order valence-corrected chi connectivity index (χ0v) is 21.9. The number of aryl methyl sites for hydroxylation is 2. The van der Waals surface area contributed by atoms with Crippen LogP contribution in [0.5, 0.6) is 0 Å². The van der Waals surface area contributed by atoms with E-state index in [4.69, 9.17) is 14.5 Å². The van der Waals surface area contributed by atoms with Crippen molar-refractivity contribution in [2.45, 2.75) is 76.5 Å². The molecule has 5 rings (SSSR count). The van der Waals surface area contributed by atoms with Gasteiger partial charge in [0.15, 0.2) is 0 Å². The van der Waals surface area contributed by atoms with Gasteiger partial charge in [0, 0.05) is 37.4 Å². The lowest BCUT2D eigenvalue weighted by Crippen LogP contribution is -2.55. The van der Waals surface area contributed by atoms with Gasteiger partial charge in [-0.2, -0.15) is 0 Å². The molecule has 0 spiro atoms. The Morgan fingerprint density at radius 3 is 2.92 bits per heavy atom. The van der Waals surface area contributed by atoms with Crippen molar-refractivity contribution < 1.29 is 23.8 Å². The number of carboxylic acids is 1. The van der Waals surface area contributed by atoms with Gasteiger partial charge in [-0.25, -0.2) is 9.37 Å². The monoisotopic (exact) mass is 511 g/mol. The van der Waals surface area contributed by atoms with E-state index in [2.05, 4.69) is 17.4 Å². The average molecular weight is 512 g/mol. The maximum absolute atomic E-state index is 14.4. The maximum Gasteiger partial charge on any atom is 0.325 e. The first-order valence-corrected chi connectivity index (χ1v) is 13.5. The fraction of sp³-hybridized carbons (Fsp3) is 0.586. The number of benzene rings is 1. The number of unbranched alkanes of at least 4 members (excludes halogenated alkanes) is 2. The highest BCUT2D eigenvalue weighted by Gasteiger charge is 2.42. The van der Waals surface area contributed by atoms with Crippen molar-refractivity contribution in [3.05, 3.63) is 58.0 Å². The van der Waals surface area contributed by atoms with Crippen molar-refractivity contribution in [3.63, 3.8) is 0 Å². The lowest BCUT2D eigenvalue weighted by Gasteiger charge is -2.44. The molecule has 0 radical (unpaired) electrons. The highest BCUT2D eigenvalue weighted by molar-refractivity contribution is 5.77. The Morgan fingerprint density at radius 1 is 1.27 bits per heavy atom. The summed E-state index contributed by atoms with van der Waals surface area (Å²) in [5.41, 5.74) is 4.26. The molecular weight excluding hydrogens is 473 g/mol. The number of carbonyl (C=O) groups is 1. The predicted octanol–water partition coefficient (Wildman–Crippen LogP) is 4.63. The van der Waals surface area contributed by atoms with Crippen LogP contribution in [0.4, 0.5) is 10.2 Å². The van der Waals surface area contributed by atoms with Gasteiger partial charge >= 0.3 is 5.97 Å². The first-order valence-electron chi connectivity index (χ1n) is 13.5. The minimum Gasteiger partial charge on any atom is -0.480 e. The molecule has 2 aromatic rings. The van der Waals surface area contributed by atoms with Gasteiger partial charge in [0.25, 0.3) is 0 Å². The van der Waals surface area contributed by atoms with Crippen LogP contribution in [0.3, 0.4) is 0 Å². The molecule has 4 heterocycles. The number of aromatic nitrogens is 1. The van der Waals surface area contributed by atoms with Gasteiger partial charge in [-0.15, -0.1) is 0 Å². The van der Waals surface area contributed by atoms with Crippen molar-refractivity contribution in [1.82, 2.24) is 9.88 Å². The van der Waals surface area contributed by atoms with Crippen molar-refractivity contribution in [3.8, 4) is 0 Å². The Morgan fingerprint density at radius 2 is 2.11 bits per heavy atom. The van der Waals surface area contributed by atoms with E-state index in [0.717, 1.165) is 61.3 Å². The second-order valence-corrected chi connectivity index (χ2v) is 11.2. The number of hydrogen-bond acceptors (Lipinski definition) is 6. The van der Waals surface area contributed by atoms with Crippen molar-refractivity contribution >= 4 is 11.8 Å². The van der Waals surface area contributed by atoms with E-state index in [1.807, 2.05) is 18.7 Å². The van der Waals surface area contributed by atoms with Gasteiger partial charge < -0.3 is 19.9 Å². The summed E-state index contributed by atoms with van der Waals surface area (Å²) in [5, 5.41) is 13.5. The fourth-order valence-corrected chi connectivity index (χ4v) is 5.94. The van der Waals surface area contributed by atoms with Crippen LogP contribution in [0.15, 0.2) is 24.3 Å². The van der Waals surface area contributed by atoms with Crippen LogP contribution in [0.1, 0.15) is 73.5 Å². The largest absolute Gasteiger partial charge is 0.480 e. The second-order valence-electron chi connectivity index (χ2n) is 11.2. The Hall–Kier alpha value is -2.55. The number of anilines is 1. The van der Waals surface area contributed by atoms with Crippen molar-refractivity contribution in [1.29, 1.82) is 0 Å². The summed E-state index contributed by atoms with van der Waals surface area (Å²) >= 11 is 0. The number of rotatable bonds is 10. The SMILES string of the molecule is CC1(C)COCc2cc(F)cc(C(C(=O)O)N3CC(OCCCCCc4ccc5c(n4)NCCC5)C3)c21. The zero-order chi connectivity index (χ0) is 26.0. The Labute approximate surface area is 218 Å². The number of nitrogens with zero attached hydrogens (tertiary/aromatic N) is 2. The van der Waals surface area contributed by atoms with E-state index in [0.29, 0.717) is 38.5 Å². The fourth-order valence-electron chi connectivity index (χ4n) is 5.94. The minimum atomic E-state index is -0.959. The van der Waals surface area contributed by atoms with Crippen LogP contribution in [0, 0.1) is 5.82 Å². The zero-order valence-electron chi connectivity index (χ0n) is 21.9. The molecule has 8 heteroatoms. The Bertz CT molecular complexity index is 1130. The van der Waals surface area contributed by atoms with Crippen LogP contribution in [0.2, 0.25) is 0 Å². The third-order valence-corrected chi connectivity index (χ3v) is 7.77. The van der Waals surface area contributed by atoms with Gasteiger partial charge in [-0.05, 0) is 72.6 Å². The van der Waals surface area contributed by atoms with Crippen LogP contribution in [-0.4, -0.2) is 59.9 Å². The van der Waals surface area contributed by atoms with Crippen LogP contribution < -0.4 is 5.32 Å². The maximum atomic E-state index is 14.4. The lowest BCUT2D eigenvalue weighted by atomic mass is 9.76. The molecular formula is C29H38FN3O4. The summed E-state index contributed by atoms with van der Waals surface area (Å²) in [4.78, 5) is 19.0. The highest BCUT2D eigenvalue weighted by Crippen LogP contribution is 2.40. The molecule has 3 aliphatic heterocycles. The van der Waals surface area contributed by atoms with E-state index in [1.165, 1.54) is 24.1 Å². The van der Waals surface area contributed by atoms with Gasteiger partial charge in [0.1, 0.15) is 17.7 Å². The van der Waals surface area contributed by atoms with E-state index in [1.54, 1.807) is 0 Å². The number of halogens is 1. The third-order valence-electron chi connectivity index (χ3n) is 7.77. The number of carboxylic acid groups (broad SMARTS) is 1. The van der Waals surface area contributed by atoms with Crippen LogP contribution in [-0.2, 0) is 39.1 Å². The van der Waals surface area contributed by atoms with E-state index >= 15 is 0 Å². The normalized spacial score (nSPS) is 19.9. The minimum absolute atomic E-state index is 0.0102. The first-order chi connectivity index (χ1) is 17.8. The molecule has 3 aliphatic rings. The van der Waals surface area contributed by atoms with Crippen LogP contribution in [0.25, 0.3) is 0 Å². The number of likely N-dealkylation sites (tertiary alicyclic amines) is 1. The first kappa shape index (κ1) is 26.1. The number of nitrogens with one attached hydrogen (secondary N) is 1. The van der Waals surface area contributed by atoms with Gasteiger partial charge in [0.05, 0.1) is 19.3 Å². The summed E-state index contributed by atoms with van der Waals surface area (Å²) in [7, 11) is 0. The Balaban J connectivity index is 1.09. The molecule has 37 heavy (non-hydrogen) atoms. The average Bonchev–Trinajstić information content (AvgIpc) is 2.83. The number of fused-ring (bicyclic) bond motifs is 2. The third kappa shape index (κ3) is 5.81. The Kier molecular flexibility index (Phi) is 7.79. The number of hydrogen-bond donors (Lipinski definition) is 2. The topological polar surface area (TPSA) is 83.9 Å². The van der Waals surface area contributed by atoms with E-state index in [-0.39, 0.29) is 11.5 Å².